The Balaban J connectivity index is 2.01. The van der Waals surface area contributed by atoms with Crippen LogP contribution in [0, 0.1) is 0 Å². The number of thioether (sulfide) groups is 1. The van der Waals surface area contributed by atoms with Crippen LogP contribution in [-0.4, -0.2) is 22.3 Å². The minimum atomic E-state index is -0.116. The van der Waals surface area contributed by atoms with Crippen molar-refractivity contribution in [3.63, 3.8) is 0 Å². The summed E-state index contributed by atoms with van der Waals surface area (Å²) in [6.07, 6.45) is 1.60. The summed E-state index contributed by atoms with van der Waals surface area (Å²) in [5, 5.41) is 0.344. The highest BCUT2D eigenvalue weighted by Gasteiger charge is 2.27. The number of pyridine rings is 1. The van der Waals surface area contributed by atoms with Crippen LogP contribution >= 0.6 is 11.8 Å². The van der Waals surface area contributed by atoms with Gasteiger partial charge in [0, 0.05) is 36.0 Å². The van der Waals surface area contributed by atoms with Gasteiger partial charge in [0.15, 0.2) is 0 Å². The molecule has 0 N–H and O–H groups in total. The van der Waals surface area contributed by atoms with E-state index in [-0.39, 0.29) is 11.5 Å². The third-order valence-corrected chi connectivity index (χ3v) is 4.65. The zero-order chi connectivity index (χ0) is 15.0. The van der Waals surface area contributed by atoms with Crippen molar-refractivity contribution in [3.05, 3.63) is 58.5 Å². The molecule has 108 valence electrons. The van der Waals surface area contributed by atoms with Crippen LogP contribution in [0.25, 0.3) is 0 Å². The first-order valence-corrected chi connectivity index (χ1v) is 7.68. The van der Waals surface area contributed by atoms with Crippen LogP contribution in [-0.2, 0) is 7.05 Å². The predicted molar refractivity (Wildman–Crippen MR) is 85.1 cm³/mol. The second-order valence-electron chi connectivity index (χ2n) is 5.18. The first kappa shape index (κ1) is 13.9. The van der Waals surface area contributed by atoms with Gasteiger partial charge in [-0.1, -0.05) is 19.1 Å². The number of aromatic nitrogens is 1. The van der Waals surface area contributed by atoms with Crippen molar-refractivity contribution in [1.82, 2.24) is 4.57 Å². The molecule has 0 unspecified atom stereocenters. The maximum Gasteiger partial charge on any atom is 0.259 e. The minimum Gasteiger partial charge on any atom is -0.318 e. The molecule has 1 atom stereocenters. The molecule has 4 nitrogen and oxygen atoms in total. The van der Waals surface area contributed by atoms with Crippen LogP contribution in [0.1, 0.15) is 17.3 Å². The summed E-state index contributed by atoms with van der Waals surface area (Å²) in [6.45, 7) is 2.78. The van der Waals surface area contributed by atoms with Crippen LogP contribution in [0.4, 0.5) is 5.69 Å². The Bertz CT molecular complexity index is 754. The Hall–Kier alpha value is -2.01. The molecule has 1 aliphatic heterocycles. The first-order valence-electron chi connectivity index (χ1n) is 6.80. The smallest absolute Gasteiger partial charge is 0.259 e. The van der Waals surface area contributed by atoms with E-state index in [4.69, 9.17) is 0 Å². The average Bonchev–Trinajstić information content (AvgIpc) is 2.48. The first-order chi connectivity index (χ1) is 10.1. The lowest BCUT2D eigenvalue weighted by Gasteiger charge is -2.32. The molecule has 2 aromatic rings. The Labute approximate surface area is 127 Å². The van der Waals surface area contributed by atoms with Gasteiger partial charge in [0.25, 0.3) is 5.91 Å². The summed E-state index contributed by atoms with van der Waals surface area (Å²) >= 11 is 1.78. The van der Waals surface area contributed by atoms with Crippen molar-refractivity contribution < 1.29 is 4.79 Å². The zero-order valence-corrected chi connectivity index (χ0v) is 12.8. The lowest BCUT2D eigenvalue weighted by atomic mass is 10.2. The van der Waals surface area contributed by atoms with Gasteiger partial charge in [-0.25, -0.2) is 0 Å². The van der Waals surface area contributed by atoms with Crippen LogP contribution in [0.5, 0.6) is 0 Å². The van der Waals surface area contributed by atoms with Crippen molar-refractivity contribution in [2.75, 3.05) is 11.4 Å². The largest absolute Gasteiger partial charge is 0.318 e. The second-order valence-corrected chi connectivity index (χ2v) is 6.66. The molecule has 21 heavy (non-hydrogen) atoms. The van der Waals surface area contributed by atoms with Gasteiger partial charge < -0.3 is 9.47 Å². The molecular weight excluding hydrogens is 284 g/mol. The van der Waals surface area contributed by atoms with Gasteiger partial charge in [-0.15, -0.1) is 11.8 Å². The quantitative estimate of drug-likeness (QED) is 0.813. The molecule has 0 aliphatic carbocycles. The zero-order valence-electron chi connectivity index (χ0n) is 11.9. The van der Waals surface area contributed by atoms with Crippen LogP contribution < -0.4 is 10.5 Å². The predicted octanol–water partition coefficient (Wildman–Crippen LogP) is 2.53. The van der Waals surface area contributed by atoms with Crippen molar-refractivity contribution in [1.29, 1.82) is 0 Å². The number of hydrogen-bond acceptors (Lipinski definition) is 3. The van der Waals surface area contributed by atoms with E-state index < -0.39 is 0 Å². The van der Waals surface area contributed by atoms with Crippen molar-refractivity contribution in [2.45, 2.75) is 17.1 Å². The van der Waals surface area contributed by atoms with Crippen molar-refractivity contribution in [3.8, 4) is 0 Å². The molecule has 2 heterocycles. The highest BCUT2D eigenvalue weighted by molar-refractivity contribution is 8.00. The van der Waals surface area contributed by atoms with Crippen LogP contribution in [0.2, 0.25) is 0 Å². The molecule has 5 heteroatoms. The van der Waals surface area contributed by atoms with E-state index in [1.165, 1.54) is 10.6 Å². The Morgan fingerprint density at radius 3 is 2.76 bits per heavy atom. The third kappa shape index (κ3) is 2.61. The van der Waals surface area contributed by atoms with Gasteiger partial charge in [-0.05, 0) is 18.2 Å². The molecule has 1 aliphatic rings. The van der Waals surface area contributed by atoms with Gasteiger partial charge in [-0.2, -0.15) is 0 Å². The number of aryl methyl sites for hydroxylation is 1. The molecule has 0 fully saturated rings. The summed E-state index contributed by atoms with van der Waals surface area (Å²) in [5.74, 6) is -0.0646. The van der Waals surface area contributed by atoms with Crippen molar-refractivity contribution >= 4 is 23.4 Å². The summed E-state index contributed by atoms with van der Waals surface area (Å²) in [5.41, 5.74) is 1.36. The van der Waals surface area contributed by atoms with Crippen molar-refractivity contribution in [2.24, 2.45) is 7.05 Å². The van der Waals surface area contributed by atoms with Crippen LogP contribution in [0.3, 0.4) is 0 Å². The molecule has 0 saturated carbocycles. The van der Waals surface area contributed by atoms with Gasteiger partial charge in [0.1, 0.15) is 0 Å². The van der Waals surface area contributed by atoms with E-state index in [1.807, 2.05) is 24.3 Å². The fraction of sp³-hybridized carbons (Fsp3) is 0.250. The number of anilines is 1. The molecule has 0 saturated heterocycles. The molecule has 0 bridgehead atoms. The molecule has 0 radical (unpaired) electrons. The number of amides is 1. The summed E-state index contributed by atoms with van der Waals surface area (Å²) in [4.78, 5) is 27.1. The minimum absolute atomic E-state index is 0.0646. The number of hydrogen-bond donors (Lipinski definition) is 0. The number of fused-ring (bicyclic) bond motifs is 1. The monoisotopic (exact) mass is 300 g/mol. The molecule has 0 spiro atoms. The SMILES string of the molecule is C[C@@H]1CN(C(=O)c2ccc(=O)n(C)c2)c2ccccc2S1. The van der Waals surface area contributed by atoms with E-state index in [1.54, 1.807) is 36.0 Å². The molecule has 3 rings (SSSR count). The Morgan fingerprint density at radius 2 is 2.00 bits per heavy atom. The molecular formula is C16H16N2O2S. The van der Waals surface area contributed by atoms with E-state index in [0.29, 0.717) is 17.4 Å². The standard InChI is InChI=1S/C16H16N2O2S/c1-11-9-18(13-5-3-4-6-14(13)21-11)16(20)12-7-8-15(19)17(2)10-12/h3-8,10-11H,9H2,1-2H3/t11-/m1/s1. The Kier molecular flexibility index (Phi) is 3.59. The lowest BCUT2D eigenvalue weighted by molar-refractivity contribution is 0.0985. The maximum atomic E-state index is 12.8. The average molecular weight is 300 g/mol. The van der Waals surface area contributed by atoms with E-state index in [9.17, 15) is 9.59 Å². The molecule has 1 aromatic heterocycles. The van der Waals surface area contributed by atoms with E-state index in [0.717, 1.165) is 10.6 Å². The molecule has 1 aromatic carbocycles. The van der Waals surface area contributed by atoms with E-state index in [2.05, 4.69) is 6.92 Å². The van der Waals surface area contributed by atoms with Crippen LogP contribution in [0.15, 0.2) is 52.3 Å². The van der Waals surface area contributed by atoms with E-state index >= 15 is 0 Å². The fourth-order valence-electron chi connectivity index (χ4n) is 2.46. The topological polar surface area (TPSA) is 42.3 Å². The maximum absolute atomic E-state index is 12.8. The van der Waals surface area contributed by atoms with Gasteiger partial charge >= 0.3 is 0 Å². The molecule has 1 amide bonds. The highest BCUT2D eigenvalue weighted by atomic mass is 32.2. The fourth-order valence-corrected chi connectivity index (χ4v) is 3.57. The van der Waals surface area contributed by atoms with Gasteiger partial charge in [0.05, 0.1) is 11.3 Å². The lowest BCUT2D eigenvalue weighted by Crippen LogP contribution is -2.39. The summed E-state index contributed by atoms with van der Waals surface area (Å²) < 4.78 is 1.43. The number of carbonyl (C=O) groups excluding carboxylic acids is 1. The number of carbonyl (C=O) groups is 1. The second kappa shape index (κ2) is 5.41. The van der Waals surface area contributed by atoms with Gasteiger partial charge in [-0.3, -0.25) is 9.59 Å². The number of para-hydroxylation sites is 1. The Morgan fingerprint density at radius 1 is 1.24 bits per heavy atom. The number of rotatable bonds is 1. The summed E-state index contributed by atoms with van der Waals surface area (Å²) in [6, 6.07) is 11.0. The van der Waals surface area contributed by atoms with Gasteiger partial charge in [0.2, 0.25) is 5.56 Å². The number of benzene rings is 1. The number of nitrogens with zero attached hydrogens (tertiary/aromatic N) is 2. The summed E-state index contributed by atoms with van der Waals surface area (Å²) in [7, 11) is 1.65. The highest BCUT2D eigenvalue weighted by Crippen LogP contribution is 2.38. The normalized spacial score (nSPS) is 17.4. The third-order valence-electron chi connectivity index (χ3n) is 3.50.